The van der Waals surface area contributed by atoms with Crippen LogP contribution in [0.4, 0.5) is 5.69 Å². The van der Waals surface area contributed by atoms with E-state index in [0.29, 0.717) is 16.3 Å². The van der Waals surface area contributed by atoms with Crippen LogP contribution in [0.2, 0.25) is 5.02 Å². The van der Waals surface area contributed by atoms with Gasteiger partial charge >= 0.3 is 0 Å². The van der Waals surface area contributed by atoms with E-state index >= 15 is 0 Å². The molecule has 0 aliphatic rings. The first-order valence-electron chi connectivity index (χ1n) is 6.07. The number of phenolic OH excluding ortho intramolecular Hbond substituents is 1. The maximum absolute atomic E-state index is 12.5. The molecule has 0 radical (unpaired) electrons. The predicted octanol–water partition coefficient (Wildman–Crippen LogP) is 2.96. The quantitative estimate of drug-likeness (QED) is 0.853. The summed E-state index contributed by atoms with van der Waals surface area (Å²) in [5, 5.41) is 10.2. The lowest BCUT2D eigenvalue weighted by Crippen LogP contribution is -2.28. The molecule has 0 saturated heterocycles. The van der Waals surface area contributed by atoms with E-state index in [4.69, 9.17) is 29.6 Å². The van der Waals surface area contributed by atoms with Gasteiger partial charge in [0.05, 0.1) is 11.3 Å². The fourth-order valence-electron chi connectivity index (χ4n) is 1.94. The minimum Gasteiger partial charge on any atom is -0.507 e. The molecule has 0 atom stereocenters. The molecule has 0 fully saturated rings. The van der Waals surface area contributed by atoms with Crippen molar-refractivity contribution in [1.29, 1.82) is 0 Å². The molecule has 0 heterocycles. The van der Waals surface area contributed by atoms with Gasteiger partial charge in [-0.05, 0) is 30.3 Å². The van der Waals surface area contributed by atoms with Crippen molar-refractivity contribution in [3.05, 3.63) is 58.6 Å². The highest BCUT2D eigenvalue weighted by Crippen LogP contribution is 2.26. The van der Waals surface area contributed by atoms with E-state index in [2.05, 4.69) is 0 Å². The van der Waals surface area contributed by atoms with Crippen molar-refractivity contribution in [2.45, 2.75) is 0 Å². The number of aromatic hydroxyl groups is 1. The highest BCUT2D eigenvalue weighted by atomic mass is 35.5. The van der Waals surface area contributed by atoms with Crippen molar-refractivity contribution >= 4 is 40.4 Å². The van der Waals surface area contributed by atoms with Crippen LogP contribution in [-0.4, -0.2) is 23.0 Å². The molecule has 4 nitrogen and oxygen atoms in total. The number of nitrogens with two attached hydrogens (primary N) is 1. The van der Waals surface area contributed by atoms with Gasteiger partial charge in [-0.2, -0.15) is 0 Å². The Hall–Kier alpha value is -2.11. The Morgan fingerprint density at radius 1 is 1.24 bits per heavy atom. The van der Waals surface area contributed by atoms with Gasteiger partial charge in [-0.25, -0.2) is 0 Å². The molecule has 0 aliphatic carbocycles. The van der Waals surface area contributed by atoms with Gasteiger partial charge in [0.1, 0.15) is 10.7 Å². The van der Waals surface area contributed by atoms with Crippen LogP contribution in [0.1, 0.15) is 15.9 Å². The SMILES string of the molecule is CN(C(=O)c1cc(Cl)ccc1O)c1ccccc1C(N)=S. The molecular weight excluding hydrogens is 308 g/mol. The van der Waals surface area contributed by atoms with Crippen LogP contribution in [0.5, 0.6) is 5.75 Å². The third-order valence-electron chi connectivity index (χ3n) is 3.02. The number of benzene rings is 2. The van der Waals surface area contributed by atoms with Gasteiger partial charge in [0.15, 0.2) is 0 Å². The van der Waals surface area contributed by atoms with Crippen LogP contribution in [-0.2, 0) is 0 Å². The Morgan fingerprint density at radius 3 is 2.57 bits per heavy atom. The van der Waals surface area contributed by atoms with Crippen LogP contribution in [0.25, 0.3) is 0 Å². The van der Waals surface area contributed by atoms with Gasteiger partial charge in [0, 0.05) is 17.6 Å². The number of para-hydroxylation sites is 1. The van der Waals surface area contributed by atoms with E-state index in [1.54, 1.807) is 31.3 Å². The van der Waals surface area contributed by atoms with Crippen molar-refractivity contribution in [2.24, 2.45) is 5.73 Å². The molecule has 21 heavy (non-hydrogen) atoms. The second-order valence-corrected chi connectivity index (χ2v) is 5.28. The normalized spacial score (nSPS) is 10.2. The van der Waals surface area contributed by atoms with Gasteiger partial charge in [-0.3, -0.25) is 4.79 Å². The average molecular weight is 321 g/mol. The van der Waals surface area contributed by atoms with E-state index < -0.39 is 5.91 Å². The van der Waals surface area contributed by atoms with E-state index in [1.165, 1.54) is 23.1 Å². The van der Waals surface area contributed by atoms with Gasteiger partial charge in [0.2, 0.25) is 0 Å². The third kappa shape index (κ3) is 3.15. The Kier molecular flexibility index (Phi) is 4.45. The number of thiocarbonyl (C=S) groups is 1. The van der Waals surface area contributed by atoms with Crippen LogP contribution in [0.15, 0.2) is 42.5 Å². The van der Waals surface area contributed by atoms with Gasteiger partial charge in [-0.1, -0.05) is 36.0 Å². The lowest BCUT2D eigenvalue weighted by Gasteiger charge is -2.21. The summed E-state index contributed by atoms with van der Waals surface area (Å²) >= 11 is 10.9. The number of phenols is 1. The maximum atomic E-state index is 12.5. The Labute approximate surface area is 132 Å². The van der Waals surface area contributed by atoms with Crippen LogP contribution in [0.3, 0.4) is 0 Å². The van der Waals surface area contributed by atoms with Crippen LogP contribution < -0.4 is 10.6 Å². The van der Waals surface area contributed by atoms with E-state index in [-0.39, 0.29) is 16.3 Å². The van der Waals surface area contributed by atoms with E-state index in [9.17, 15) is 9.90 Å². The molecule has 3 N–H and O–H groups in total. The molecular formula is C15H13ClN2O2S. The number of amides is 1. The second kappa shape index (κ2) is 6.11. The molecule has 2 rings (SSSR count). The first-order valence-corrected chi connectivity index (χ1v) is 6.86. The lowest BCUT2D eigenvalue weighted by molar-refractivity contribution is 0.0990. The minimum absolute atomic E-state index is 0.114. The summed E-state index contributed by atoms with van der Waals surface area (Å²) in [5.41, 5.74) is 6.93. The predicted molar refractivity (Wildman–Crippen MR) is 88.2 cm³/mol. The van der Waals surface area contributed by atoms with Crippen LogP contribution in [0, 0.1) is 0 Å². The molecule has 0 aromatic heterocycles. The average Bonchev–Trinajstić information content (AvgIpc) is 2.48. The number of anilines is 1. The fourth-order valence-corrected chi connectivity index (χ4v) is 2.29. The summed E-state index contributed by atoms with van der Waals surface area (Å²) in [6.07, 6.45) is 0. The van der Waals surface area contributed by atoms with Crippen molar-refractivity contribution in [1.82, 2.24) is 0 Å². The molecule has 108 valence electrons. The minimum atomic E-state index is -0.404. The molecule has 0 spiro atoms. The third-order valence-corrected chi connectivity index (χ3v) is 3.48. The summed E-state index contributed by atoms with van der Waals surface area (Å²) < 4.78 is 0. The standard InChI is InChI=1S/C15H13ClN2O2S/c1-18(12-5-3-2-4-10(12)14(17)21)15(20)11-8-9(16)6-7-13(11)19/h2-8,19H,1H3,(H2,17,21). The number of nitrogens with zero attached hydrogens (tertiary/aromatic N) is 1. The van der Waals surface area contributed by atoms with Crippen molar-refractivity contribution < 1.29 is 9.90 Å². The molecule has 0 bridgehead atoms. The summed E-state index contributed by atoms with van der Waals surface area (Å²) in [6, 6.07) is 11.3. The molecule has 2 aromatic rings. The lowest BCUT2D eigenvalue weighted by atomic mass is 10.1. The largest absolute Gasteiger partial charge is 0.507 e. The molecule has 0 unspecified atom stereocenters. The smallest absolute Gasteiger partial charge is 0.261 e. The number of carbonyl (C=O) groups is 1. The summed E-state index contributed by atoms with van der Waals surface area (Å²) in [7, 11) is 1.58. The van der Waals surface area contributed by atoms with Crippen molar-refractivity contribution in [2.75, 3.05) is 11.9 Å². The summed E-state index contributed by atoms with van der Waals surface area (Å²) in [5.74, 6) is -0.539. The van der Waals surface area contributed by atoms with Crippen LogP contribution >= 0.6 is 23.8 Å². The zero-order valence-corrected chi connectivity index (χ0v) is 12.8. The number of hydrogen-bond acceptors (Lipinski definition) is 3. The zero-order valence-electron chi connectivity index (χ0n) is 11.2. The number of carbonyl (C=O) groups excluding carboxylic acids is 1. The maximum Gasteiger partial charge on any atom is 0.261 e. The number of hydrogen-bond donors (Lipinski definition) is 2. The first-order chi connectivity index (χ1) is 9.91. The Balaban J connectivity index is 2.45. The van der Waals surface area contributed by atoms with E-state index in [1.807, 2.05) is 0 Å². The molecule has 0 aliphatic heterocycles. The topological polar surface area (TPSA) is 66.6 Å². The van der Waals surface area contributed by atoms with Crippen molar-refractivity contribution in [3.63, 3.8) is 0 Å². The van der Waals surface area contributed by atoms with E-state index in [0.717, 1.165) is 0 Å². The first kappa shape index (κ1) is 15.3. The number of halogens is 1. The number of rotatable bonds is 3. The van der Waals surface area contributed by atoms with Gasteiger partial charge in [0.25, 0.3) is 5.91 Å². The summed E-state index contributed by atoms with van der Waals surface area (Å²) in [6.45, 7) is 0. The second-order valence-electron chi connectivity index (χ2n) is 4.41. The Morgan fingerprint density at radius 2 is 1.90 bits per heavy atom. The van der Waals surface area contributed by atoms with Gasteiger partial charge in [-0.15, -0.1) is 0 Å². The molecule has 2 aromatic carbocycles. The zero-order chi connectivity index (χ0) is 15.6. The summed E-state index contributed by atoms with van der Waals surface area (Å²) in [4.78, 5) is 14.1. The highest BCUT2D eigenvalue weighted by Gasteiger charge is 2.20. The fraction of sp³-hybridized carbons (Fsp3) is 0.0667. The molecule has 1 amide bonds. The highest BCUT2D eigenvalue weighted by molar-refractivity contribution is 7.80. The van der Waals surface area contributed by atoms with Gasteiger partial charge < -0.3 is 15.7 Å². The molecule has 0 saturated carbocycles. The monoisotopic (exact) mass is 320 g/mol. The Bertz CT molecular complexity index is 719. The molecule has 6 heteroatoms. The van der Waals surface area contributed by atoms with Crippen molar-refractivity contribution in [3.8, 4) is 5.75 Å².